The van der Waals surface area contributed by atoms with Crippen LogP contribution in [0.15, 0.2) is 66.7 Å². The maximum absolute atomic E-state index is 13.0. The molecule has 1 heterocycles. The Balaban J connectivity index is 1.48. The van der Waals surface area contributed by atoms with Crippen molar-refractivity contribution < 1.29 is 14.3 Å². The number of fused-ring (bicyclic) bond motifs is 3. The summed E-state index contributed by atoms with van der Waals surface area (Å²) in [5, 5.41) is 3.09. The van der Waals surface area contributed by atoms with Gasteiger partial charge in [-0.15, -0.1) is 0 Å². The van der Waals surface area contributed by atoms with Crippen LogP contribution in [-0.2, 0) is 24.1 Å². The standard InChI is InChI=1S/C33H42N2O3/c1-25(2)14-16-35-17-18-37-19-20-38-32-12-11-30(23-31(32)22-27-8-6-9-28(21-27)24-35)33(36)34-15-13-29-10-5-4-7-26(29)3/h4-12,21,23,25H,13-20,22,24H2,1-3H3,(H,34,36). The molecule has 5 heteroatoms. The third kappa shape index (κ3) is 8.44. The minimum Gasteiger partial charge on any atom is -0.491 e. The lowest BCUT2D eigenvalue weighted by Crippen LogP contribution is -2.29. The van der Waals surface area contributed by atoms with E-state index in [4.69, 9.17) is 9.47 Å². The number of amides is 1. The lowest BCUT2D eigenvalue weighted by Gasteiger charge is -2.24. The molecule has 38 heavy (non-hydrogen) atoms. The maximum atomic E-state index is 13.0. The van der Waals surface area contributed by atoms with Crippen LogP contribution in [0, 0.1) is 12.8 Å². The predicted octanol–water partition coefficient (Wildman–Crippen LogP) is 5.82. The highest BCUT2D eigenvalue weighted by Gasteiger charge is 2.14. The predicted molar refractivity (Wildman–Crippen MR) is 154 cm³/mol. The van der Waals surface area contributed by atoms with Crippen molar-refractivity contribution in [2.24, 2.45) is 5.92 Å². The van der Waals surface area contributed by atoms with Gasteiger partial charge in [0.15, 0.2) is 0 Å². The molecule has 5 nitrogen and oxygen atoms in total. The molecule has 1 amide bonds. The second-order valence-electron chi connectivity index (χ2n) is 10.7. The Morgan fingerprint density at radius 3 is 2.66 bits per heavy atom. The number of nitrogens with zero attached hydrogens (tertiary/aromatic N) is 1. The van der Waals surface area contributed by atoms with Crippen LogP contribution in [0.25, 0.3) is 0 Å². The molecule has 3 aromatic carbocycles. The Kier molecular flexibility index (Phi) is 10.4. The van der Waals surface area contributed by atoms with E-state index in [9.17, 15) is 4.79 Å². The molecule has 0 saturated heterocycles. The summed E-state index contributed by atoms with van der Waals surface area (Å²) in [6, 6.07) is 22.9. The Bertz CT molecular complexity index is 1190. The molecule has 0 saturated carbocycles. The number of benzene rings is 3. The van der Waals surface area contributed by atoms with Crippen molar-refractivity contribution in [1.82, 2.24) is 10.2 Å². The zero-order valence-corrected chi connectivity index (χ0v) is 23.2. The van der Waals surface area contributed by atoms with Gasteiger partial charge in [0.05, 0.1) is 13.2 Å². The summed E-state index contributed by atoms with van der Waals surface area (Å²) in [6.45, 7) is 11.9. The number of aryl methyl sites for hydroxylation is 1. The second kappa shape index (κ2) is 14.1. The minimum absolute atomic E-state index is 0.0568. The monoisotopic (exact) mass is 514 g/mol. The lowest BCUT2D eigenvalue weighted by molar-refractivity contribution is 0.0764. The van der Waals surface area contributed by atoms with E-state index in [2.05, 4.69) is 67.4 Å². The van der Waals surface area contributed by atoms with Crippen molar-refractivity contribution >= 4 is 5.91 Å². The molecule has 202 valence electrons. The van der Waals surface area contributed by atoms with E-state index in [0.717, 1.165) is 37.4 Å². The molecular weight excluding hydrogens is 472 g/mol. The molecule has 0 aromatic heterocycles. The number of nitrogens with one attached hydrogen (secondary N) is 1. The van der Waals surface area contributed by atoms with Crippen LogP contribution in [-0.4, -0.2) is 50.3 Å². The molecule has 0 spiro atoms. The van der Waals surface area contributed by atoms with Crippen LogP contribution in [0.3, 0.4) is 0 Å². The summed E-state index contributed by atoms with van der Waals surface area (Å²) in [6.07, 6.45) is 2.69. The Hall–Kier alpha value is -3.15. The number of carbonyl (C=O) groups excluding carboxylic acids is 1. The van der Waals surface area contributed by atoms with Gasteiger partial charge in [0.2, 0.25) is 0 Å². The average Bonchev–Trinajstić information content (AvgIpc) is 2.90. The molecule has 1 aliphatic rings. The summed E-state index contributed by atoms with van der Waals surface area (Å²) in [7, 11) is 0. The Morgan fingerprint density at radius 1 is 0.974 bits per heavy atom. The Labute approximate surface area is 228 Å². The van der Waals surface area contributed by atoms with Gasteiger partial charge in [-0.2, -0.15) is 0 Å². The molecule has 0 fully saturated rings. The quantitative estimate of drug-likeness (QED) is 0.432. The number of carbonyl (C=O) groups is 1. The van der Waals surface area contributed by atoms with Crippen LogP contribution < -0.4 is 10.1 Å². The van der Waals surface area contributed by atoms with Gasteiger partial charge in [-0.1, -0.05) is 62.4 Å². The van der Waals surface area contributed by atoms with Gasteiger partial charge >= 0.3 is 0 Å². The fourth-order valence-electron chi connectivity index (χ4n) is 4.84. The molecule has 1 N–H and O–H groups in total. The van der Waals surface area contributed by atoms with E-state index in [1.807, 2.05) is 30.3 Å². The smallest absolute Gasteiger partial charge is 0.251 e. The van der Waals surface area contributed by atoms with Gasteiger partial charge < -0.3 is 14.8 Å². The molecular formula is C33H42N2O3. The van der Waals surface area contributed by atoms with Gasteiger partial charge in [0.25, 0.3) is 5.91 Å². The van der Waals surface area contributed by atoms with Crippen molar-refractivity contribution in [3.63, 3.8) is 0 Å². The molecule has 0 aliphatic carbocycles. The topological polar surface area (TPSA) is 50.8 Å². The Morgan fingerprint density at radius 2 is 1.82 bits per heavy atom. The van der Waals surface area contributed by atoms with Crippen molar-refractivity contribution in [1.29, 1.82) is 0 Å². The second-order valence-corrected chi connectivity index (χ2v) is 10.7. The normalized spacial score (nSPS) is 14.8. The van der Waals surface area contributed by atoms with Gasteiger partial charge in [-0.3, -0.25) is 9.69 Å². The largest absolute Gasteiger partial charge is 0.491 e. The van der Waals surface area contributed by atoms with E-state index < -0.39 is 0 Å². The highest BCUT2D eigenvalue weighted by atomic mass is 16.5. The molecule has 0 unspecified atom stereocenters. The van der Waals surface area contributed by atoms with Crippen LogP contribution in [0.5, 0.6) is 5.75 Å². The van der Waals surface area contributed by atoms with E-state index in [-0.39, 0.29) is 5.91 Å². The van der Waals surface area contributed by atoms with E-state index in [1.54, 1.807) is 0 Å². The van der Waals surface area contributed by atoms with E-state index >= 15 is 0 Å². The molecule has 0 atom stereocenters. The SMILES string of the molecule is Cc1ccccc1CCNC(=O)c1ccc2c(c1)Cc1cccc(c1)CN(CCC(C)C)CCOCCO2. The summed E-state index contributed by atoms with van der Waals surface area (Å²) >= 11 is 0. The fourth-order valence-corrected chi connectivity index (χ4v) is 4.84. The summed E-state index contributed by atoms with van der Waals surface area (Å²) in [4.78, 5) is 15.5. The average molecular weight is 515 g/mol. The number of hydrogen-bond acceptors (Lipinski definition) is 4. The van der Waals surface area contributed by atoms with E-state index in [0.29, 0.717) is 44.3 Å². The molecule has 3 aromatic rings. The van der Waals surface area contributed by atoms with Gasteiger partial charge in [-0.05, 0) is 78.2 Å². The summed E-state index contributed by atoms with van der Waals surface area (Å²) < 4.78 is 12.0. The highest BCUT2D eigenvalue weighted by molar-refractivity contribution is 5.94. The third-order valence-corrected chi connectivity index (χ3v) is 7.12. The van der Waals surface area contributed by atoms with Crippen LogP contribution in [0.4, 0.5) is 0 Å². The van der Waals surface area contributed by atoms with Crippen molar-refractivity contribution in [2.45, 2.75) is 46.6 Å². The van der Waals surface area contributed by atoms with Gasteiger partial charge in [-0.25, -0.2) is 0 Å². The van der Waals surface area contributed by atoms with Crippen molar-refractivity contribution in [3.05, 3.63) is 100 Å². The van der Waals surface area contributed by atoms with Gasteiger partial charge in [0.1, 0.15) is 12.4 Å². The first-order valence-corrected chi connectivity index (χ1v) is 13.9. The van der Waals surface area contributed by atoms with Crippen molar-refractivity contribution in [3.8, 4) is 5.75 Å². The number of hydrogen-bond donors (Lipinski definition) is 1. The fraction of sp³-hybridized carbons (Fsp3) is 0.424. The summed E-state index contributed by atoms with van der Waals surface area (Å²) in [5.74, 6) is 1.43. The van der Waals surface area contributed by atoms with E-state index in [1.165, 1.54) is 28.7 Å². The molecule has 4 rings (SSSR count). The first-order chi connectivity index (χ1) is 18.5. The molecule has 1 aliphatic heterocycles. The molecule has 2 bridgehead atoms. The third-order valence-electron chi connectivity index (χ3n) is 7.12. The van der Waals surface area contributed by atoms with Gasteiger partial charge in [0, 0.05) is 31.6 Å². The highest BCUT2D eigenvalue weighted by Crippen LogP contribution is 2.25. The molecule has 0 radical (unpaired) electrons. The maximum Gasteiger partial charge on any atom is 0.251 e. The minimum atomic E-state index is -0.0568. The zero-order chi connectivity index (χ0) is 26.7. The van der Waals surface area contributed by atoms with Crippen molar-refractivity contribution in [2.75, 3.05) is 39.5 Å². The number of rotatable bonds is 7. The first kappa shape index (κ1) is 27.9. The van der Waals surface area contributed by atoms with Crippen LogP contribution >= 0.6 is 0 Å². The lowest BCUT2D eigenvalue weighted by atomic mass is 9.99. The van der Waals surface area contributed by atoms with Crippen LogP contribution in [0.2, 0.25) is 0 Å². The number of ether oxygens (including phenoxy) is 2. The van der Waals surface area contributed by atoms with Crippen LogP contribution in [0.1, 0.15) is 58.4 Å². The first-order valence-electron chi connectivity index (χ1n) is 13.9. The zero-order valence-electron chi connectivity index (χ0n) is 23.2. The summed E-state index contributed by atoms with van der Waals surface area (Å²) in [5.41, 5.74) is 6.71.